The molecule has 0 saturated heterocycles. The van der Waals surface area contributed by atoms with E-state index in [1.165, 1.54) is 6.07 Å². The van der Waals surface area contributed by atoms with E-state index in [0.29, 0.717) is 30.0 Å². The van der Waals surface area contributed by atoms with Crippen molar-refractivity contribution < 1.29 is 14.6 Å². The highest BCUT2D eigenvalue weighted by Gasteiger charge is 2.28. The third-order valence-corrected chi connectivity index (χ3v) is 6.28. The number of fused-ring (bicyclic) bond motifs is 1. The van der Waals surface area contributed by atoms with Crippen molar-refractivity contribution in [3.63, 3.8) is 0 Å². The molecule has 1 aliphatic heterocycles. The van der Waals surface area contributed by atoms with E-state index >= 15 is 0 Å². The van der Waals surface area contributed by atoms with Gasteiger partial charge in [-0.15, -0.1) is 18.3 Å². The van der Waals surface area contributed by atoms with Gasteiger partial charge < -0.3 is 14.6 Å². The maximum absolute atomic E-state index is 12.6. The largest absolute Gasteiger partial charge is 0.507 e. The zero-order chi connectivity index (χ0) is 21.3. The minimum Gasteiger partial charge on any atom is -0.507 e. The Hall–Kier alpha value is -3.25. The molecule has 2 heterocycles. The molecule has 2 aromatic carbocycles. The molecule has 0 bridgehead atoms. The van der Waals surface area contributed by atoms with Gasteiger partial charge in [0.1, 0.15) is 22.8 Å². The summed E-state index contributed by atoms with van der Waals surface area (Å²) in [6.07, 6.45) is 2.64. The van der Waals surface area contributed by atoms with Gasteiger partial charge in [0.2, 0.25) is 0 Å². The highest BCUT2D eigenvalue weighted by atomic mass is 32.2. The summed E-state index contributed by atoms with van der Waals surface area (Å²) >= 11 is 1.57. The molecule has 0 spiro atoms. The number of rotatable bonds is 4. The van der Waals surface area contributed by atoms with Crippen LogP contribution in [0.25, 0.3) is 0 Å². The van der Waals surface area contributed by atoms with Gasteiger partial charge in [-0.3, -0.25) is 4.99 Å². The van der Waals surface area contributed by atoms with Gasteiger partial charge in [-0.05, 0) is 31.0 Å². The molecular weight excluding hydrogens is 398 g/mol. The molecule has 1 aromatic heterocycles. The second kappa shape index (κ2) is 8.24. The SMILES string of the molecule is C=CCc1cccc([C@@H]2CC(c3c(O)cc(C)oc3=O)=Nc3ccccc3S2)c1O. The lowest BCUT2D eigenvalue weighted by molar-refractivity contribution is 0.432. The van der Waals surface area contributed by atoms with Gasteiger partial charge in [0.15, 0.2) is 0 Å². The molecule has 0 fully saturated rings. The Morgan fingerprint density at radius 1 is 1.23 bits per heavy atom. The fourth-order valence-corrected chi connectivity index (χ4v) is 4.85. The summed E-state index contributed by atoms with van der Waals surface area (Å²) in [5.41, 5.74) is 2.11. The minimum atomic E-state index is -0.626. The monoisotopic (exact) mass is 419 g/mol. The second-order valence-corrected chi connectivity index (χ2v) is 8.33. The molecule has 3 aromatic rings. The lowest BCUT2D eigenvalue weighted by Gasteiger charge is -2.19. The van der Waals surface area contributed by atoms with Crippen molar-refractivity contribution in [2.45, 2.75) is 29.9 Å². The minimum absolute atomic E-state index is 0.0599. The van der Waals surface area contributed by atoms with Gasteiger partial charge in [-0.1, -0.05) is 36.4 Å². The first kappa shape index (κ1) is 20.0. The van der Waals surface area contributed by atoms with Crippen molar-refractivity contribution in [3.8, 4) is 11.5 Å². The number of aromatic hydroxyl groups is 2. The molecule has 0 radical (unpaired) electrons. The summed E-state index contributed by atoms with van der Waals surface area (Å²) in [6, 6.07) is 14.7. The van der Waals surface area contributed by atoms with E-state index in [1.54, 1.807) is 24.8 Å². The Labute approximate surface area is 178 Å². The van der Waals surface area contributed by atoms with Gasteiger partial charge in [0, 0.05) is 28.2 Å². The predicted molar refractivity (Wildman–Crippen MR) is 119 cm³/mol. The normalized spacial score (nSPS) is 15.8. The van der Waals surface area contributed by atoms with Crippen LogP contribution >= 0.6 is 11.8 Å². The number of benzene rings is 2. The number of hydrogen-bond acceptors (Lipinski definition) is 6. The molecule has 1 aliphatic rings. The maximum Gasteiger partial charge on any atom is 0.348 e. The quantitative estimate of drug-likeness (QED) is 0.550. The summed E-state index contributed by atoms with van der Waals surface area (Å²) < 4.78 is 5.22. The van der Waals surface area contributed by atoms with Crippen LogP contribution in [0.15, 0.2) is 80.3 Å². The summed E-state index contributed by atoms with van der Waals surface area (Å²) in [5.74, 6) is 0.389. The van der Waals surface area contributed by atoms with Gasteiger partial charge >= 0.3 is 5.63 Å². The lowest BCUT2D eigenvalue weighted by Crippen LogP contribution is -2.17. The number of hydrogen-bond donors (Lipinski definition) is 2. The van der Waals surface area contributed by atoms with Gasteiger partial charge in [0.25, 0.3) is 0 Å². The van der Waals surface area contributed by atoms with E-state index < -0.39 is 5.63 Å². The first-order chi connectivity index (χ1) is 14.5. The Kier molecular flexibility index (Phi) is 5.50. The van der Waals surface area contributed by atoms with E-state index in [4.69, 9.17) is 9.41 Å². The molecule has 0 unspecified atom stereocenters. The van der Waals surface area contributed by atoms with E-state index in [9.17, 15) is 15.0 Å². The fourth-order valence-electron chi connectivity index (χ4n) is 3.60. The van der Waals surface area contributed by atoms with Crippen molar-refractivity contribution in [2.24, 2.45) is 4.99 Å². The van der Waals surface area contributed by atoms with E-state index in [-0.39, 0.29) is 22.3 Å². The van der Waals surface area contributed by atoms with Crippen molar-refractivity contribution in [1.82, 2.24) is 0 Å². The van der Waals surface area contributed by atoms with Crippen molar-refractivity contribution in [3.05, 3.63) is 94.1 Å². The number of thioether (sulfide) groups is 1. The third kappa shape index (κ3) is 3.78. The summed E-state index contributed by atoms with van der Waals surface area (Å²) in [7, 11) is 0. The van der Waals surface area contributed by atoms with E-state index in [1.807, 2.05) is 42.5 Å². The van der Waals surface area contributed by atoms with Crippen LogP contribution < -0.4 is 5.63 Å². The van der Waals surface area contributed by atoms with Crippen molar-refractivity contribution >= 4 is 23.2 Å². The number of phenols is 1. The topological polar surface area (TPSA) is 83.0 Å². The van der Waals surface area contributed by atoms with Crippen LogP contribution in [0.2, 0.25) is 0 Å². The Bertz CT molecular complexity index is 1210. The maximum atomic E-state index is 12.6. The molecular formula is C24H21NO4S. The molecule has 2 N–H and O–H groups in total. The second-order valence-electron chi connectivity index (χ2n) is 7.09. The molecule has 4 rings (SSSR count). The standard InChI is InChI=1S/C24H21NO4S/c1-3-7-15-8-6-9-16(23(15)27)21-13-18(22-19(26)12-14(2)29-24(22)28)25-17-10-4-5-11-20(17)30-21/h3-6,8-12,21,26-27H,1,7,13H2,2H3/t21-/m0/s1. The Balaban J connectivity index is 1.87. The molecule has 152 valence electrons. The van der Waals surface area contributed by atoms with Crippen LogP contribution in [0.4, 0.5) is 5.69 Å². The first-order valence-electron chi connectivity index (χ1n) is 9.57. The molecule has 0 aliphatic carbocycles. The number of phenolic OH excluding ortho intramolecular Hbond substituents is 1. The van der Waals surface area contributed by atoms with Gasteiger partial charge in [-0.25, -0.2) is 4.79 Å². The molecule has 5 nitrogen and oxygen atoms in total. The fraction of sp³-hybridized carbons (Fsp3) is 0.167. The van der Waals surface area contributed by atoms with Crippen LogP contribution in [0, 0.1) is 6.92 Å². The Morgan fingerprint density at radius 3 is 2.80 bits per heavy atom. The highest BCUT2D eigenvalue weighted by molar-refractivity contribution is 7.99. The average molecular weight is 420 g/mol. The van der Waals surface area contributed by atoms with E-state index in [2.05, 4.69) is 6.58 Å². The molecule has 0 amide bonds. The van der Waals surface area contributed by atoms with Crippen LogP contribution in [-0.4, -0.2) is 15.9 Å². The summed E-state index contributed by atoms with van der Waals surface area (Å²) in [4.78, 5) is 18.2. The van der Waals surface area contributed by atoms with Crippen molar-refractivity contribution in [2.75, 3.05) is 0 Å². The lowest BCUT2D eigenvalue weighted by atomic mass is 9.98. The van der Waals surface area contributed by atoms with Crippen molar-refractivity contribution in [1.29, 1.82) is 0 Å². The Morgan fingerprint density at radius 2 is 2.03 bits per heavy atom. The summed E-state index contributed by atoms with van der Waals surface area (Å²) in [5, 5.41) is 21.2. The number of allylic oxidation sites excluding steroid dienone is 1. The van der Waals surface area contributed by atoms with Gasteiger partial charge in [0.05, 0.1) is 11.4 Å². The van der Waals surface area contributed by atoms with Crippen LogP contribution in [0.1, 0.15) is 34.1 Å². The van der Waals surface area contributed by atoms with E-state index in [0.717, 1.165) is 16.0 Å². The van der Waals surface area contributed by atoms with Gasteiger partial charge in [-0.2, -0.15) is 0 Å². The zero-order valence-corrected chi connectivity index (χ0v) is 17.3. The number of nitrogens with zero attached hydrogens (tertiary/aromatic N) is 1. The average Bonchev–Trinajstić information content (AvgIpc) is 2.88. The first-order valence-corrected chi connectivity index (χ1v) is 10.4. The third-order valence-electron chi connectivity index (χ3n) is 4.97. The molecule has 30 heavy (non-hydrogen) atoms. The predicted octanol–water partition coefficient (Wildman–Crippen LogP) is 5.45. The number of aryl methyl sites for hydroxylation is 1. The zero-order valence-electron chi connectivity index (χ0n) is 16.5. The van der Waals surface area contributed by atoms with Crippen LogP contribution in [0.5, 0.6) is 11.5 Å². The molecule has 1 atom stereocenters. The smallest absolute Gasteiger partial charge is 0.348 e. The highest BCUT2D eigenvalue weighted by Crippen LogP contribution is 2.48. The van der Waals surface area contributed by atoms with Crippen LogP contribution in [-0.2, 0) is 6.42 Å². The van der Waals surface area contributed by atoms with Crippen LogP contribution in [0.3, 0.4) is 0 Å². The number of para-hydroxylation sites is 2. The molecule has 6 heteroatoms. The summed E-state index contributed by atoms with van der Waals surface area (Å²) in [6.45, 7) is 5.36. The molecule has 0 saturated carbocycles. The number of aliphatic imine (C=N–C) groups is 1.